The number of amides is 1. The second-order valence-electron chi connectivity index (χ2n) is 7.54. The summed E-state index contributed by atoms with van der Waals surface area (Å²) < 4.78 is 5.68. The molecule has 0 aromatic carbocycles. The molecule has 2 saturated heterocycles. The van der Waals surface area contributed by atoms with E-state index >= 15 is 0 Å². The normalized spacial score (nSPS) is 24.4. The average molecular weight is 352 g/mol. The highest BCUT2D eigenvalue weighted by molar-refractivity contribution is 7.09. The van der Waals surface area contributed by atoms with Gasteiger partial charge in [0.25, 0.3) is 0 Å². The molecule has 134 valence electrons. The van der Waals surface area contributed by atoms with Gasteiger partial charge in [-0.3, -0.25) is 9.69 Å². The SMILES string of the molecule is Cc1ncsc1CN1CCC2(CCOC[C@H]2NC(=O)C(C)C)CC1. The fourth-order valence-corrected chi connectivity index (χ4v) is 4.62. The molecule has 2 fully saturated rings. The zero-order valence-corrected chi connectivity index (χ0v) is 15.8. The van der Waals surface area contributed by atoms with Crippen molar-refractivity contribution < 1.29 is 9.53 Å². The van der Waals surface area contributed by atoms with E-state index in [0.717, 1.165) is 51.2 Å². The number of ether oxygens (including phenoxy) is 1. The minimum atomic E-state index is 0.0263. The van der Waals surface area contributed by atoms with E-state index in [-0.39, 0.29) is 23.3 Å². The fourth-order valence-electron chi connectivity index (χ4n) is 3.80. The molecule has 3 rings (SSSR count). The highest BCUT2D eigenvalue weighted by atomic mass is 32.1. The van der Waals surface area contributed by atoms with Crippen molar-refractivity contribution in [3.8, 4) is 0 Å². The van der Waals surface area contributed by atoms with Crippen LogP contribution in [0.4, 0.5) is 0 Å². The van der Waals surface area contributed by atoms with E-state index in [1.54, 1.807) is 11.3 Å². The average Bonchev–Trinajstić information content (AvgIpc) is 2.97. The molecule has 6 heteroatoms. The third-order valence-electron chi connectivity index (χ3n) is 5.67. The number of likely N-dealkylation sites (tertiary alicyclic amines) is 1. The van der Waals surface area contributed by atoms with Crippen LogP contribution < -0.4 is 5.32 Å². The Kier molecular flexibility index (Phi) is 5.57. The Morgan fingerprint density at radius 1 is 1.46 bits per heavy atom. The van der Waals surface area contributed by atoms with E-state index in [4.69, 9.17) is 4.74 Å². The topological polar surface area (TPSA) is 54.5 Å². The molecular formula is C18H29N3O2S. The van der Waals surface area contributed by atoms with Gasteiger partial charge in [0, 0.05) is 23.9 Å². The van der Waals surface area contributed by atoms with Gasteiger partial charge in [-0.05, 0) is 44.7 Å². The molecule has 24 heavy (non-hydrogen) atoms. The van der Waals surface area contributed by atoms with Gasteiger partial charge in [0.05, 0.1) is 23.9 Å². The van der Waals surface area contributed by atoms with Crippen molar-refractivity contribution in [2.75, 3.05) is 26.3 Å². The smallest absolute Gasteiger partial charge is 0.222 e. The Morgan fingerprint density at radius 3 is 2.83 bits per heavy atom. The Hall–Kier alpha value is -0.980. The van der Waals surface area contributed by atoms with Crippen LogP contribution in [0.15, 0.2) is 5.51 Å². The number of aryl methyl sites for hydroxylation is 1. The number of thiazole rings is 1. The fraction of sp³-hybridized carbons (Fsp3) is 0.778. The van der Waals surface area contributed by atoms with Crippen LogP contribution in [-0.4, -0.2) is 48.1 Å². The molecular weight excluding hydrogens is 322 g/mol. The van der Waals surface area contributed by atoms with Crippen LogP contribution in [0.2, 0.25) is 0 Å². The quantitative estimate of drug-likeness (QED) is 0.906. The standard InChI is InChI=1S/C18H29N3O2S/c1-13(2)17(22)20-16-11-23-9-6-18(16)4-7-21(8-5-18)10-15-14(3)19-12-24-15/h12-13,16H,4-11H2,1-3H3,(H,20,22)/t16-/m1/s1. The van der Waals surface area contributed by atoms with E-state index in [2.05, 4.69) is 22.1 Å². The lowest BCUT2D eigenvalue weighted by molar-refractivity contribution is -0.129. The minimum absolute atomic E-state index is 0.0263. The molecule has 1 aromatic rings. The van der Waals surface area contributed by atoms with Crippen LogP contribution in [0.25, 0.3) is 0 Å². The summed E-state index contributed by atoms with van der Waals surface area (Å²) >= 11 is 1.75. The largest absolute Gasteiger partial charge is 0.379 e. The number of aromatic nitrogens is 1. The first kappa shape index (κ1) is 17.8. The Labute approximate surface area is 148 Å². The van der Waals surface area contributed by atoms with Crippen molar-refractivity contribution in [3.05, 3.63) is 16.1 Å². The molecule has 0 bridgehead atoms. The first-order chi connectivity index (χ1) is 11.5. The number of carbonyl (C=O) groups is 1. The van der Waals surface area contributed by atoms with Crippen molar-refractivity contribution >= 4 is 17.2 Å². The second kappa shape index (κ2) is 7.50. The monoisotopic (exact) mass is 351 g/mol. The molecule has 1 spiro atoms. The number of nitrogens with one attached hydrogen (secondary N) is 1. The summed E-state index contributed by atoms with van der Waals surface area (Å²) in [6.07, 6.45) is 3.33. The predicted octanol–water partition coefficient (Wildman–Crippen LogP) is 2.59. The summed E-state index contributed by atoms with van der Waals surface area (Å²) in [5.74, 6) is 0.172. The molecule has 1 amide bonds. The van der Waals surface area contributed by atoms with Gasteiger partial charge in [0.2, 0.25) is 5.91 Å². The molecule has 1 atom stereocenters. The summed E-state index contributed by atoms with van der Waals surface area (Å²) in [5, 5.41) is 3.26. The van der Waals surface area contributed by atoms with Gasteiger partial charge < -0.3 is 10.1 Å². The van der Waals surface area contributed by atoms with Crippen LogP contribution in [0, 0.1) is 18.3 Å². The van der Waals surface area contributed by atoms with Gasteiger partial charge in [-0.1, -0.05) is 13.8 Å². The van der Waals surface area contributed by atoms with Crippen LogP contribution in [0.5, 0.6) is 0 Å². The Balaban J connectivity index is 1.61. The van der Waals surface area contributed by atoms with Crippen LogP contribution >= 0.6 is 11.3 Å². The number of carbonyl (C=O) groups excluding carboxylic acids is 1. The zero-order chi connectivity index (χ0) is 17.2. The van der Waals surface area contributed by atoms with Crippen molar-refractivity contribution in [1.82, 2.24) is 15.2 Å². The molecule has 0 saturated carbocycles. The van der Waals surface area contributed by atoms with Crippen molar-refractivity contribution in [2.24, 2.45) is 11.3 Å². The highest BCUT2D eigenvalue weighted by Gasteiger charge is 2.44. The lowest BCUT2D eigenvalue weighted by Crippen LogP contribution is -2.58. The van der Waals surface area contributed by atoms with Crippen LogP contribution in [-0.2, 0) is 16.1 Å². The summed E-state index contributed by atoms with van der Waals surface area (Å²) in [5.41, 5.74) is 3.31. The predicted molar refractivity (Wildman–Crippen MR) is 96.0 cm³/mol. The molecule has 1 N–H and O–H groups in total. The molecule has 0 radical (unpaired) electrons. The Bertz CT molecular complexity index is 564. The van der Waals surface area contributed by atoms with Crippen LogP contribution in [0.3, 0.4) is 0 Å². The van der Waals surface area contributed by atoms with Gasteiger partial charge in [-0.25, -0.2) is 4.98 Å². The lowest BCUT2D eigenvalue weighted by atomic mass is 9.69. The maximum atomic E-state index is 12.2. The first-order valence-electron chi connectivity index (χ1n) is 8.99. The third kappa shape index (κ3) is 3.81. The van der Waals surface area contributed by atoms with E-state index in [1.807, 2.05) is 19.4 Å². The van der Waals surface area contributed by atoms with Gasteiger partial charge in [0.1, 0.15) is 0 Å². The van der Waals surface area contributed by atoms with E-state index in [0.29, 0.717) is 6.61 Å². The summed E-state index contributed by atoms with van der Waals surface area (Å²) in [4.78, 5) is 20.4. The lowest BCUT2D eigenvalue weighted by Gasteiger charge is -2.49. The summed E-state index contributed by atoms with van der Waals surface area (Å²) in [6.45, 7) is 10.7. The molecule has 5 nitrogen and oxygen atoms in total. The second-order valence-corrected chi connectivity index (χ2v) is 8.48. The molecule has 0 aliphatic carbocycles. The maximum Gasteiger partial charge on any atom is 0.222 e. The van der Waals surface area contributed by atoms with Gasteiger partial charge in [-0.2, -0.15) is 0 Å². The van der Waals surface area contributed by atoms with Gasteiger partial charge >= 0.3 is 0 Å². The zero-order valence-electron chi connectivity index (χ0n) is 15.0. The van der Waals surface area contributed by atoms with Crippen molar-refractivity contribution in [3.63, 3.8) is 0 Å². The van der Waals surface area contributed by atoms with Gasteiger partial charge in [0.15, 0.2) is 0 Å². The maximum absolute atomic E-state index is 12.2. The van der Waals surface area contributed by atoms with Crippen molar-refractivity contribution in [1.29, 1.82) is 0 Å². The summed E-state index contributed by atoms with van der Waals surface area (Å²) in [6, 6.07) is 0.161. The van der Waals surface area contributed by atoms with E-state index in [1.165, 1.54) is 4.88 Å². The number of rotatable bonds is 4. The third-order valence-corrected chi connectivity index (χ3v) is 6.59. The first-order valence-corrected chi connectivity index (χ1v) is 9.87. The number of hydrogen-bond donors (Lipinski definition) is 1. The van der Waals surface area contributed by atoms with E-state index in [9.17, 15) is 4.79 Å². The molecule has 3 heterocycles. The highest BCUT2D eigenvalue weighted by Crippen LogP contribution is 2.41. The number of hydrogen-bond acceptors (Lipinski definition) is 5. The van der Waals surface area contributed by atoms with Gasteiger partial charge in [-0.15, -0.1) is 11.3 Å². The molecule has 1 aromatic heterocycles. The number of piperidine rings is 1. The van der Waals surface area contributed by atoms with E-state index < -0.39 is 0 Å². The van der Waals surface area contributed by atoms with Crippen LogP contribution in [0.1, 0.15) is 43.7 Å². The molecule has 0 unspecified atom stereocenters. The molecule has 2 aliphatic rings. The minimum Gasteiger partial charge on any atom is -0.379 e. The number of nitrogens with zero attached hydrogens (tertiary/aromatic N) is 2. The molecule has 2 aliphatic heterocycles. The van der Waals surface area contributed by atoms with Crippen molar-refractivity contribution in [2.45, 2.75) is 52.6 Å². The summed E-state index contributed by atoms with van der Waals surface area (Å²) in [7, 11) is 0. The Morgan fingerprint density at radius 2 is 2.21 bits per heavy atom.